The number of nitrogens with one attached hydrogen (secondary N) is 1. The van der Waals surface area contributed by atoms with Gasteiger partial charge in [0.2, 0.25) is 5.91 Å². The zero-order chi connectivity index (χ0) is 21.3. The highest BCUT2D eigenvalue weighted by Crippen LogP contribution is 2.42. The van der Waals surface area contributed by atoms with E-state index in [4.69, 9.17) is 4.74 Å². The molecule has 0 spiro atoms. The van der Waals surface area contributed by atoms with Gasteiger partial charge in [-0.1, -0.05) is 36.4 Å². The number of fused-ring (bicyclic) bond motifs is 3. The number of benzene rings is 3. The average molecular weight is 423 g/mol. The number of sulfonamides is 1. The van der Waals surface area contributed by atoms with E-state index in [1.807, 2.05) is 26.0 Å². The Morgan fingerprint density at radius 1 is 0.933 bits per heavy atom. The summed E-state index contributed by atoms with van der Waals surface area (Å²) in [6, 6.07) is 21.0. The van der Waals surface area contributed by atoms with Gasteiger partial charge < -0.3 is 10.1 Å². The third-order valence-corrected chi connectivity index (χ3v) is 6.53. The van der Waals surface area contributed by atoms with Gasteiger partial charge in [0.05, 0.1) is 16.7 Å². The number of hydrogen-bond acceptors (Lipinski definition) is 4. The zero-order valence-corrected chi connectivity index (χ0v) is 17.5. The first-order chi connectivity index (χ1) is 14.4. The fraction of sp³-hybridized carbons (Fsp3) is 0.174. The maximum Gasteiger partial charge on any atom is 0.265 e. The van der Waals surface area contributed by atoms with Crippen LogP contribution in [0.15, 0.2) is 77.7 Å². The molecule has 7 heteroatoms. The second-order valence-electron chi connectivity index (χ2n) is 7.26. The molecule has 1 N–H and O–H groups in total. The van der Waals surface area contributed by atoms with Crippen molar-refractivity contribution in [1.29, 1.82) is 0 Å². The number of carbonyl (C=O) groups excluding carboxylic acids is 1. The molecule has 1 aliphatic heterocycles. The van der Waals surface area contributed by atoms with Crippen molar-refractivity contribution < 1.29 is 17.9 Å². The van der Waals surface area contributed by atoms with Gasteiger partial charge in [-0.2, -0.15) is 0 Å². The molecule has 1 aliphatic rings. The Balaban J connectivity index is 1.59. The molecule has 0 aliphatic carbocycles. The van der Waals surface area contributed by atoms with E-state index in [2.05, 4.69) is 5.32 Å². The number of carbonyl (C=O) groups is 1. The minimum atomic E-state index is -3.85. The molecular weight excluding hydrogens is 400 g/mol. The van der Waals surface area contributed by atoms with Gasteiger partial charge in [0, 0.05) is 16.8 Å². The molecule has 4 rings (SSSR count). The van der Waals surface area contributed by atoms with Crippen molar-refractivity contribution in [3.8, 4) is 16.9 Å². The number of rotatable bonds is 5. The topological polar surface area (TPSA) is 75.7 Å². The molecule has 3 aromatic rings. The number of amides is 1. The molecule has 0 atom stereocenters. The Kier molecular flexibility index (Phi) is 5.22. The molecule has 1 amide bonds. The predicted octanol–water partition coefficient (Wildman–Crippen LogP) is 4.29. The summed E-state index contributed by atoms with van der Waals surface area (Å²) < 4.78 is 33.2. The first-order valence-corrected chi connectivity index (χ1v) is 11.1. The lowest BCUT2D eigenvalue weighted by Crippen LogP contribution is -2.40. The van der Waals surface area contributed by atoms with Gasteiger partial charge in [-0.15, -0.1) is 0 Å². The molecule has 0 saturated heterocycles. The van der Waals surface area contributed by atoms with Crippen molar-refractivity contribution in [2.24, 2.45) is 0 Å². The molecule has 6 nitrogen and oxygen atoms in total. The average Bonchev–Trinajstić information content (AvgIpc) is 2.72. The number of para-hydroxylation sites is 1. The van der Waals surface area contributed by atoms with Gasteiger partial charge in [0.25, 0.3) is 10.0 Å². The van der Waals surface area contributed by atoms with Crippen molar-refractivity contribution in [2.45, 2.75) is 24.8 Å². The summed E-state index contributed by atoms with van der Waals surface area (Å²) in [5.74, 6) is 0.275. The van der Waals surface area contributed by atoms with Crippen molar-refractivity contribution in [3.63, 3.8) is 0 Å². The Labute approximate surface area is 176 Å². The normalized spacial score (nSPS) is 14.0. The highest BCUT2D eigenvalue weighted by atomic mass is 32.2. The van der Waals surface area contributed by atoms with Gasteiger partial charge in [0.1, 0.15) is 12.3 Å². The van der Waals surface area contributed by atoms with Crippen molar-refractivity contribution >= 4 is 27.3 Å². The summed E-state index contributed by atoms with van der Waals surface area (Å²) in [5, 5.41) is 2.76. The van der Waals surface area contributed by atoms with Crippen LogP contribution in [-0.2, 0) is 14.8 Å². The number of hydrogen-bond donors (Lipinski definition) is 1. The summed E-state index contributed by atoms with van der Waals surface area (Å²) >= 11 is 0. The van der Waals surface area contributed by atoms with E-state index in [1.165, 1.54) is 0 Å². The molecule has 0 aromatic heterocycles. The molecule has 1 heterocycles. The van der Waals surface area contributed by atoms with Crippen LogP contribution in [0.4, 0.5) is 11.4 Å². The minimum Gasteiger partial charge on any atom is -0.491 e. The summed E-state index contributed by atoms with van der Waals surface area (Å²) in [5.41, 5.74) is 2.49. The lowest BCUT2D eigenvalue weighted by molar-refractivity contribution is -0.114. The highest BCUT2D eigenvalue weighted by molar-refractivity contribution is 7.93. The lowest BCUT2D eigenvalue weighted by Gasteiger charge is -2.31. The Morgan fingerprint density at radius 3 is 2.27 bits per heavy atom. The molecule has 0 radical (unpaired) electrons. The Bertz CT molecular complexity index is 1190. The number of nitrogens with zero attached hydrogens (tertiary/aromatic N) is 1. The third kappa shape index (κ3) is 3.76. The van der Waals surface area contributed by atoms with E-state index in [0.29, 0.717) is 22.7 Å². The SMILES string of the molecule is CC(C)Oc1ccc(NC(=O)CN2c3ccccc3-c3ccccc3S2(=O)=O)cc1. The van der Waals surface area contributed by atoms with E-state index in [-0.39, 0.29) is 17.5 Å². The summed E-state index contributed by atoms with van der Waals surface area (Å²) in [7, 11) is -3.85. The smallest absolute Gasteiger partial charge is 0.265 e. The Hall–Kier alpha value is -3.32. The fourth-order valence-electron chi connectivity index (χ4n) is 3.47. The quantitative estimate of drug-likeness (QED) is 0.666. The lowest BCUT2D eigenvalue weighted by atomic mass is 10.0. The van der Waals surface area contributed by atoms with Crippen LogP contribution >= 0.6 is 0 Å². The van der Waals surface area contributed by atoms with Crippen molar-refractivity contribution in [1.82, 2.24) is 0 Å². The van der Waals surface area contributed by atoms with E-state index in [1.54, 1.807) is 60.7 Å². The van der Waals surface area contributed by atoms with Gasteiger partial charge in [-0.3, -0.25) is 9.10 Å². The predicted molar refractivity (Wildman–Crippen MR) is 117 cm³/mol. The first kappa shape index (κ1) is 20.0. The first-order valence-electron chi connectivity index (χ1n) is 9.64. The van der Waals surface area contributed by atoms with Gasteiger partial charge >= 0.3 is 0 Å². The van der Waals surface area contributed by atoms with Crippen LogP contribution in [0.3, 0.4) is 0 Å². The van der Waals surface area contributed by atoms with Crippen LogP contribution in [0, 0.1) is 0 Å². The maximum absolute atomic E-state index is 13.2. The fourth-order valence-corrected chi connectivity index (χ4v) is 5.12. The summed E-state index contributed by atoms with van der Waals surface area (Å²) in [6.07, 6.45) is 0.0534. The molecular formula is C23H22N2O4S. The third-order valence-electron chi connectivity index (χ3n) is 4.72. The molecule has 0 saturated carbocycles. The van der Waals surface area contributed by atoms with Crippen molar-refractivity contribution in [3.05, 3.63) is 72.8 Å². The van der Waals surface area contributed by atoms with Crippen LogP contribution in [-0.4, -0.2) is 27.0 Å². The number of anilines is 2. The maximum atomic E-state index is 13.2. The second kappa shape index (κ2) is 7.84. The van der Waals surface area contributed by atoms with Crippen molar-refractivity contribution in [2.75, 3.05) is 16.2 Å². The van der Waals surface area contributed by atoms with E-state index in [0.717, 1.165) is 9.87 Å². The molecule has 0 fully saturated rings. The van der Waals surface area contributed by atoms with Crippen LogP contribution < -0.4 is 14.4 Å². The molecule has 30 heavy (non-hydrogen) atoms. The summed E-state index contributed by atoms with van der Waals surface area (Å²) in [4.78, 5) is 12.9. The molecule has 3 aromatic carbocycles. The Morgan fingerprint density at radius 2 is 1.57 bits per heavy atom. The zero-order valence-electron chi connectivity index (χ0n) is 16.7. The second-order valence-corrected chi connectivity index (χ2v) is 9.09. The van der Waals surface area contributed by atoms with Crippen LogP contribution in [0.25, 0.3) is 11.1 Å². The van der Waals surface area contributed by atoms with Gasteiger partial charge in [-0.25, -0.2) is 8.42 Å². The largest absolute Gasteiger partial charge is 0.491 e. The molecule has 154 valence electrons. The standard InChI is InChI=1S/C23H22N2O4S/c1-16(2)29-18-13-11-17(12-14-18)24-23(26)15-25-21-9-5-3-7-19(21)20-8-4-6-10-22(20)30(25,27)28/h3-14,16H,15H2,1-2H3,(H,24,26). The van der Waals surface area contributed by atoms with Crippen LogP contribution in [0.5, 0.6) is 5.75 Å². The minimum absolute atomic E-state index is 0.0534. The van der Waals surface area contributed by atoms with Gasteiger partial charge in [-0.05, 0) is 50.2 Å². The van der Waals surface area contributed by atoms with E-state index < -0.39 is 15.9 Å². The number of ether oxygens (including phenoxy) is 1. The van der Waals surface area contributed by atoms with Gasteiger partial charge in [0.15, 0.2) is 0 Å². The highest BCUT2D eigenvalue weighted by Gasteiger charge is 2.35. The van der Waals surface area contributed by atoms with E-state index >= 15 is 0 Å². The summed E-state index contributed by atoms with van der Waals surface area (Å²) in [6.45, 7) is 3.55. The van der Waals surface area contributed by atoms with Crippen LogP contribution in [0.1, 0.15) is 13.8 Å². The van der Waals surface area contributed by atoms with Crippen LogP contribution in [0.2, 0.25) is 0 Å². The molecule has 0 unspecified atom stereocenters. The van der Waals surface area contributed by atoms with E-state index in [9.17, 15) is 13.2 Å². The molecule has 0 bridgehead atoms. The monoisotopic (exact) mass is 422 g/mol.